The van der Waals surface area contributed by atoms with Gasteiger partial charge in [-0.25, -0.2) is 4.39 Å². The molecule has 0 amide bonds. The molecule has 1 N–H and O–H groups in total. The molecule has 1 nitrogen and oxygen atoms in total. The average molecular weight is 362 g/mol. The molecular weight excluding hydrogens is 350 g/mol. The van der Waals surface area contributed by atoms with Crippen molar-refractivity contribution in [2.75, 3.05) is 0 Å². The lowest BCUT2D eigenvalue weighted by atomic mass is 10.1. The molecule has 1 heterocycles. The SMILES string of the molecule is CCc1ccc(C(O)c2ccc(F)cc2I)s1. The molecule has 17 heavy (non-hydrogen) atoms. The van der Waals surface area contributed by atoms with Crippen LogP contribution in [0.4, 0.5) is 4.39 Å². The summed E-state index contributed by atoms with van der Waals surface area (Å²) in [7, 11) is 0. The van der Waals surface area contributed by atoms with E-state index in [-0.39, 0.29) is 5.82 Å². The van der Waals surface area contributed by atoms with Gasteiger partial charge >= 0.3 is 0 Å². The smallest absolute Gasteiger partial charge is 0.124 e. The van der Waals surface area contributed by atoms with Crippen molar-refractivity contribution >= 4 is 33.9 Å². The summed E-state index contributed by atoms with van der Waals surface area (Å²) in [5.41, 5.74) is 0.761. The highest BCUT2D eigenvalue weighted by atomic mass is 127. The number of aliphatic hydroxyl groups is 1. The van der Waals surface area contributed by atoms with Crippen LogP contribution in [0.5, 0.6) is 0 Å². The van der Waals surface area contributed by atoms with Gasteiger partial charge in [-0.05, 0) is 58.8 Å². The predicted octanol–water partition coefficient (Wildman–Crippen LogP) is 4.14. The molecule has 0 radical (unpaired) electrons. The van der Waals surface area contributed by atoms with Crippen LogP contribution in [0.1, 0.15) is 28.3 Å². The van der Waals surface area contributed by atoms with Gasteiger partial charge in [0.15, 0.2) is 0 Å². The minimum absolute atomic E-state index is 0.272. The second-order valence-corrected chi connectivity index (χ2v) is 6.09. The van der Waals surface area contributed by atoms with Crippen molar-refractivity contribution in [2.24, 2.45) is 0 Å². The van der Waals surface area contributed by atoms with E-state index in [9.17, 15) is 9.50 Å². The maximum absolute atomic E-state index is 13.0. The Morgan fingerprint density at radius 1 is 1.35 bits per heavy atom. The normalized spacial score (nSPS) is 12.7. The standard InChI is InChI=1S/C13H12FIOS/c1-2-9-4-6-12(17-9)13(16)10-5-3-8(14)7-11(10)15/h3-7,13,16H,2H2,1H3. The fourth-order valence-electron chi connectivity index (χ4n) is 1.61. The Morgan fingerprint density at radius 2 is 2.12 bits per heavy atom. The predicted molar refractivity (Wildman–Crippen MR) is 76.9 cm³/mol. The second-order valence-electron chi connectivity index (χ2n) is 3.73. The van der Waals surface area contributed by atoms with Crippen LogP contribution in [0.2, 0.25) is 0 Å². The van der Waals surface area contributed by atoms with E-state index in [0.29, 0.717) is 0 Å². The second kappa shape index (κ2) is 5.46. The van der Waals surface area contributed by atoms with Gasteiger partial charge in [-0.1, -0.05) is 13.0 Å². The van der Waals surface area contributed by atoms with Crippen LogP contribution in [-0.2, 0) is 6.42 Å². The van der Waals surface area contributed by atoms with Crippen LogP contribution in [0, 0.1) is 9.39 Å². The van der Waals surface area contributed by atoms with Gasteiger partial charge in [0.05, 0.1) is 0 Å². The summed E-state index contributed by atoms with van der Waals surface area (Å²) in [5.74, 6) is -0.272. The lowest BCUT2D eigenvalue weighted by Gasteiger charge is -2.11. The topological polar surface area (TPSA) is 20.2 Å². The molecule has 0 bridgehead atoms. The maximum Gasteiger partial charge on any atom is 0.124 e. The van der Waals surface area contributed by atoms with E-state index in [4.69, 9.17) is 0 Å². The molecule has 4 heteroatoms. The highest BCUT2D eigenvalue weighted by Crippen LogP contribution is 2.31. The van der Waals surface area contributed by atoms with Crippen LogP contribution in [0.15, 0.2) is 30.3 Å². The number of hydrogen-bond acceptors (Lipinski definition) is 2. The number of halogens is 2. The molecule has 0 aliphatic heterocycles. The van der Waals surface area contributed by atoms with Gasteiger partial charge < -0.3 is 5.11 Å². The van der Waals surface area contributed by atoms with Crippen LogP contribution in [0.3, 0.4) is 0 Å². The van der Waals surface area contributed by atoms with E-state index in [2.05, 4.69) is 6.92 Å². The molecule has 0 saturated heterocycles. The number of aryl methyl sites for hydroxylation is 1. The van der Waals surface area contributed by atoms with Gasteiger partial charge in [0, 0.05) is 13.3 Å². The van der Waals surface area contributed by atoms with Crippen molar-refractivity contribution in [1.82, 2.24) is 0 Å². The molecule has 2 rings (SSSR count). The Kier molecular flexibility index (Phi) is 4.17. The Bertz CT molecular complexity index is 524. The summed E-state index contributed by atoms with van der Waals surface area (Å²) < 4.78 is 13.7. The first-order valence-corrected chi connectivity index (χ1v) is 7.23. The highest BCUT2D eigenvalue weighted by Gasteiger charge is 2.15. The molecule has 90 valence electrons. The van der Waals surface area contributed by atoms with Crippen LogP contribution in [0.25, 0.3) is 0 Å². The molecule has 2 aromatic rings. The third-order valence-corrected chi connectivity index (χ3v) is 4.77. The van der Waals surface area contributed by atoms with Crippen molar-refractivity contribution in [3.05, 3.63) is 55.0 Å². The van der Waals surface area contributed by atoms with Crippen LogP contribution < -0.4 is 0 Å². The number of rotatable bonds is 3. The lowest BCUT2D eigenvalue weighted by Crippen LogP contribution is -2.00. The maximum atomic E-state index is 13.0. The summed E-state index contributed by atoms with van der Waals surface area (Å²) >= 11 is 3.65. The summed E-state index contributed by atoms with van der Waals surface area (Å²) in [6, 6.07) is 8.43. The first-order valence-electron chi connectivity index (χ1n) is 5.33. The van der Waals surface area contributed by atoms with Crippen molar-refractivity contribution in [1.29, 1.82) is 0 Å². The molecule has 1 aromatic heterocycles. The molecule has 0 aliphatic carbocycles. The monoisotopic (exact) mass is 362 g/mol. The number of aliphatic hydroxyl groups excluding tert-OH is 1. The Balaban J connectivity index is 2.33. The lowest BCUT2D eigenvalue weighted by molar-refractivity contribution is 0.223. The third-order valence-electron chi connectivity index (χ3n) is 2.56. The summed E-state index contributed by atoms with van der Waals surface area (Å²) in [5, 5.41) is 10.3. The van der Waals surface area contributed by atoms with Gasteiger partial charge in [-0.2, -0.15) is 0 Å². The van der Waals surface area contributed by atoms with Gasteiger partial charge in [0.1, 0.15) is 11.9 Å². The Hall–Kier alpha value is -0.460. The van der Waals surface area contributed by atoms with Crippen molar-refractivity contribution < 1.29 is 9.50 Å². The van der Waals surface area contributed by atoms with Gasteiger partial charge in [-0.3, -0.25) is 0 Å². The quantitative estimate of drug-likeness (QED) is 0.814. The number of benzene rings is 1. The highest BCUT2D eigenvalue weighted by molar-refractivity contribution is 14.1. The zero-order valence-corrected chi connectivity index (χ0v) is 12.3. The number of thiophene rings is 1. The Labute approximate surface area is 117 Å². The van der Waals surface area contributed by atoms with E-state index in [1.165, 1.54) is 17.0 Å². The van der Waals surface area contributed by atoms with Crippen LogP contribution in [-0.4, -0.2) is 5.11 Å². The van der Waals surface area contributed by atoms with Gasteiger partial charge in [-0.15, -0.1) is 11.3 Å². The van der Waals surface area contributed by atoms with Crippen molar-refractivity contribution in [2.45, 2.75) is 19.4 Å². The van der Waals surface area contributed by atoms with E-state index >= 15 is 0 Å². The largest absolute Gasteiger partial charge is 0.383 e. The van der Waals surface area contributed by atoms with Crippen molar-refractivity contribution in [3.8, 4) is 0 Å². The Morgan fingerprint density at radius 3 is 2.71 bits per heavy atom. The van der Waals surface area contributed by atoms with Gasteiger partial charge in [0.2, 0.25) is 0 Å². The molecule has 0 aliphatic rings. The fourth-order valence-corrected chi connectivity index (χ4v) is 3.34. The van der Waals surface area contributed by atoms with E-state index in [0.717, 1.165) is 20.4 Å². The van der Waals surface area contributed by atoms with E-state index in [1.807, 2.05) is 34.7 Å². The molecule has 0 fully saturated rings. The van der Waals surface area contributed by atoms with Crippen molar-refractivity contribution in [3.63, 3.8) is 0 Å². The molecule has 1 unspecified atom stereocenters. The third kappa shape index (κ3) is 2.86. The molecule has 0 spiro atoms. The summed E-state index contributed by atoms with van der Waals surface area (Å²) in [6.07, 6.45) is 0.311. The zero-order valence-electron chi connectivity index (χ0n) is 9.28. The average Bonchev–Trinajstić information content (AvgIpc) is 2.76. The fraction of sp³-hybridized carbons (Fsp3) is 0.231. The zero-order chi connectivity index (χ0) is 12.4. The molecule has 1 aromatic carbocycles. The van der Waals surface area contributed by atoms with Gasteiger partial charge in [0.25, 0.3) is 0 Å². The molecule has 1 atom stereocenters. The first kappa shape index (κ1) is 13.0. The summed E-state index contributed by atoms with van der Waals surface area (Å²) in [4.78, 5) is 2.16. The van der Waals surface area contributed by atoms with E-state index < -0.39 is 6.10 Å². The summed E-state index contributed by atoms with van der Waals surface area (Å²) in [6.45, 7) is 2.09. The minimum atomic E-state index is -0.659. The minimum Gasteiger partial charge on any atom is -0.383 e. The molecule has 0 saturated carbocycles. The van der Waals surface area contributed by atoms with E-state index in [1.54, 1.807) is 17.4 Å². The molecular formula is C13H12FIOS. The van der Waals surface area contributed by atoms with Crippen LogP contribution >= 0.6 is 33.9 Å². The number of hydrogen-bond donors (Lipinski definition) is 1. The first-order chi connectivity index (χ1) is 8.11.